The number of alkyl carbamates (subject to hydrolysis) is 1. The lowest BCUT2D eigenvalue weighted by molar-refractivity contribution is 0.139. The molecular formula is C14H25N3O2. The van der Waals surface area contributed by atoms with Gasteiger partial charge in [-0.1, -0.05) is 6.58 Å². The Bertz CT molecular complexity index is 338. The van der Waals surface area contributed by atoms with Crippen LogP contribution in [-0.2, 0) is 4.74 Å². The summed E-state index contributed by atoms with van der Waals surface area (Å²) in [6.07, 6.45) is 3.11. The van der Waals surface area contributed by atoms with E-state index in [2.05, 4.69) is 28.7 Å². The van der Waals surface area contributed by atoms with Crippen LogP contribution in [0.2, 0.25) is 0 Å². The van der Waals surface area contributed by atoms with Crippen molar-refractivity contribution in [2.24, 2.45) is 0 Å². The zero-order chi connectivity index (χ0) is 13.8. The van der Waals surface area contributed by atoms with Gasteiger partial charge in [-0.15, -0.1) is 0 Å². The Hall–Kier alpha value is -1.07. The Labute approximate surface area is 115 Å². The molecule has 0 unspecified atom stereocenters. The molecule has 1 amide bonds. The zero-order valence-corrected chi connectivity index (χ0v) is 12.0. The van der Waals surface area contributed by atoms with Gasteiger partial charge in [0.2, 0.25) is 0 Å². The molecule has 2 saturated heterocycles. The maximum absolute atomic E-state index is 11.5. The highest BCUT2D eigenvalue weighted by Gasteiger charge is 2.30. The van der Waals surface area contributed by atoms with Crippen LogP contribution in [0.5, 0.6) is 0 Å². The van der Waals surface area contributed by atoms with Gasteiger partial charge in [-0.05, 0) is 46.3 Å². The quantitative estimate of drug-likeness (QED) is 0.785. The van der Waals surface area contributed by atoms with Crippen LogP contribution in [0.15, 0.2) is 12.3 Å². The van der Waals surface area contributed by atoms with Crippen LogP contribution >= 0.6 is 0 Å². The van der Waals surface area contributed by atoms with Gasteiger partial charge in [-0.25, -0.2) is 4.79 Å². The maximum Gasteiger partial charge on any atom is 0.412 e. The highest BCUT2D eigenvalue weighted by atomic mass is 16.6. The number of hydrogen-bond acceptors (Lipinski definition) is 4. The summed E-state index contributed by atoms with van der Waals surface area (Å²) in [7, 11) is 2.18. The summed E-state index contributed by atoms with van der Waals surface area (Å²) in [4.78, 5) is 16.4. The van der Waals surface area contributed by atoms with Crippen LogP contribution in [0, 0.1) is 0 Å². The van der Waals surface area contributed by atoms with Crippen molar-refractivity contribution in [1.82, 2.24) is 15.1 Å². The monoisotopic (exact) mass is 267 g/mol. The van der Waals surface area contributed by atoms with Crippen molar-refractivity contribution < 1.29 is 9.53 Å². The molecule has 2 aliphatic rings. The van der Waals surface area contributed by atoms with Crippen molar-refractivity contribution in [3.63, 3.8) is 0 Å². The summed E-state index contributed by atoms with van der Waals surface area (Å²) in [6, 6.07) is 0.895. The molecule has 2 fully saturated rings. The first-order chi connectivity index (χ1) is 9.04. The molecule has 2 aliphatic heterocycles. The van der Waals surface area contributed by atoms with Crippen LogP contribution < -0.4 is 5.32 Å². The van der Waals surface area contributed by atoms with Crippen LogP contribution in [0.3, 0.4) is 0 Å². The molecule has 0 spiro atoms. The average Bonchev–Trinajstić information content (AvgIpc) is 2.77. The van der Waals surface area contributed by atoms with Crippen LogP contribution in [0.1, 0.15) is 26.2 Å². The summed E-state index contributed by atoms with van der Waals surface area (Å²) >= 11 is 0. The minimum absolute atomic E-state index is 0.214. The third-order valence-corrected chi connectivity index (χ3v) is 4.01. The van der Waals surface area contributed by atoms with Gasteiger partial charge in [0.15, 0.2) is 0 Å². The van der Waals surface area contributed by atoms with Gasteiger partial charge in [0.25, 0.3) is 0 Å². The van der Waals surface area contributed by atoms with Crippen LogP contribution in [0.4, 0.5) is 4.79 Å². The lowest BCUT2D eigenvalue weighted by Crippen LogP contribution is -2.44. The third-order valence-electron chi connectivity index (χ3n) is 4.01. The van der Waals surface area contributed by atoms with Gasteiger partial charge < -0.3 is 15.0 Å². The molecule has 0 aromatic heterocycles. The van der Waals surface area contributed by atoms with E-state index in [1.165, 1.54) is 25.9 Å². The van der Waals surface area contributed by atoms with Gasteiger partial charge in [0.1, 0.15) is 0 Å². The van der Waals surface area contributed by atoms with Crippen LogP contribution in [0.25, 0.3) is 0 Å². The smallest absolute Gasteiger partial charge is 0.412 e. The first-order valence-corrected chi connectivity index (χ1v) is 7.11. The highest BCUT2D eigenvalue weighted by molar-refractivity contribution is 5.68. The molecule has 0 saturated carbocycles. The number of amides is 1. The molecule has 108 valence electrons. The number of hydrogen-bond donors (Lipinski definition) is 1. The molecule has 0 aromatic rings. The Balaban J connectivity index is 1.73. The fraction of sp³-hybridized carbons (Fsp3) is 0.786. The van der Waals surface area contributed by atoms with Crippen molar-refractivity contribution in [2.45, 2.75) is 38.3 Å². The van der Waals surface area contributed by atoms with Gasteiger partial charge in [0.05, 0.1) is 5.76 Å². The topological polar surface area (TPSA) is 44.8 Å². The molecule has 1 atom stereocenters. The highest BCUT2D eigenvalue weighted by Crippen LogP contribution is 2.20. The summed E-state index contributed by atoms with van der Waals surface area (Å²) in [5.74, 6) is 0.433. The number of carbonyl (C=O) groups excluding carboxylic acids is 1. The lowest BCUT2D eigenvalue weighted by atomic mass is 10.0. The van der Waals surface area contributed by atoms with E-state index in [-0.39, 0.29) is 12.1 Å². The Morgan fingerprint density at radius 1 is 1.26 bits per heavy atom. The largest absolute Gasteiger partial charge is 0.416 e. The average molecular weight is 267 g/mol. The number of rotatable bonds is 3. The molecular weight excluding hydrogens is 242 g/mol. The minimum atomic E-state index is -0.372. The predicted octanol–water partition coefficient (Wildman–Crippen LogP) is 1.41. The van der Waals surface area contributed by atoms with Crippen molar-refractivity contribution in [1.29, 1.82) is 0 Å². The Morgan fingerprint density at radius 2 is 1.95 bits per heavy atom. The predicted molar refractivity (Wildman–Crippen MR) is 74.9 cm³/mol. The van der Waals surface area contributed by atoms with Gasteiger partial charge in [-0.2, -0.15) is 0 Å². The fourth-order valence-electron chi connectivity index (χ4n) is 2.95. The number of ether oxygens (including phenoxy) is 1. The molecule has 5 heteroatoms. The second kappa shape index (κ2) is 6.39. The van der Waals surface area contributed by atoms with E-state index in [4.69, 9.17) is 4.74 Å². The number of nitrogens with zero attached hydrogens (tertiary/aromatic N) is 2. The fourth-order valence-corrected chi connectivity index (χ4v) is 2.95. The second-order valence-corrected chi connectivity index (χ2v) is 5.75. The van der Waals surface area contributed by atoms with E-state index >= 15 is 0 Å². The number of nitrogens with one attached hydrogen (secondary N) is 1. The van der Waals surface area contributed by atoms with Crippen molar-refractivity contribution in [3.05, 3.63) is 12.3 Å². The molecule has 2 heterocycles. The van der Waals surface area contributed by atoms with E-state index in [1.807, 2.05) is 0 Å². The Morgan fingerprint density at radius 3 is 2.58 bits per heavy atom. The number of carbonyl (C=O) groups is 1. The summed E-state index contributed by atoms with van der Waals surface area (Å²) in [5.41, 5.74) is 0. The normalized spacial score (nSPS) is 26.3. The first kappa shape index (κ1) is 14.3. The SMILES string of the molecule is C=C(C)OC(=O)N[C@@H]1CCN(C2CCN(C)CC2)C1. The van der Waals surface area contributed by atoms with Gasteiger partial charge in [-0.3, -0.25) is 4.90 Å². The molecule has 19 heavy (non-hydrogen) atoms. The molecule has 0 bridgehead atoms. The van der Waals surface area contributed by atoms with E-state index in [1.54, 1.807) is 6.92 Å². The maximum atomic E-state index is 11.5. The van der Waals surface area contributed by atoms with Crippen molar-refractivity contribution >= 4 is 6.09 Å². The number of allylic oxidation sites excluding steroid dienone is 1. The second-order valence-electron chi connectivity index (χ2n) is 5.75. The molecule has 2 rings (SSSR count). The number of piperidine rings is 1. The van der Waals surface area contributed by atoms with Crippen molar-refractivity contribution in [2.75, 3.05) is 33.2 Å². The minimum Gasteiger partial charge on any atom is -0.416 e. The summed E-state index contributed by atoms with van der Waals surface area (Å²) in [6.45, 7) is 9.62. The lowest BCUT2D eigenvalue weighted by Gasteiger charge is -2.35. The summed E-state index contributed by atoms with van der Waals surface area (Å²) in [5, 5.41) is 2.91. The van der Waals surface area contributed by atoms with Crippen LogP contribution in [-0.4, -0.2) is 61.2 Å². The van der Waals surface area contributed by atoms with Gasteiger partial charge >= 0.3 is 6.09 Å². The first-order valence-electron chi connectivity index (χ1n) is 7.11. The van der Waals surface area contributed by atoms with E-state index < -0.39 is 0 Å². The van der Waals surface area contributed by atoms with E-state index in [9.17, 15) is 4.79 Å². The van der Waals surface area contributed by atoms with E-state index in [0.717, 1.165) is 19.5 Å². The summed E-state index contributed by atoms with van der Waals surface area (Å²) < 4.78 is 4.94. The molecule has 1 N–H and O–H groups in total. The van der Waals surface area contributed by atoms with E-state index in [0.29, 0.717) is 11.8 Å². The zero-order valence-electron chi connectivity index (χ0n) is 12.0. The van der Waals surface area contributed by atoms with Crippen molar-refractivity contribution in [3.8, 4) is 0 Å². The molecule has 5 nitrogen and oxygen atoms in total. The number of likely N-dealkylation sites (tertiary alicyclic amines) is 2. The molecule has 0 aromatic carbocycles. The standard InChI is InChI=1S/C14H25N3O2/c1-11(2)19-14(18)15-12-4-9-17(10-12)13-5-7-16(3)8-6-13/h12-13H,1,4-10H2,2-3H3,(H,15,18)/t12-/m1/s1. The molecule has 0 radical (unpaired) electrons. The third kappa shape index (κ3) is 4.21. The Kier molecular flexibility index (Phi) is 4.82. The molecule has 0 aliphatic carbocycles. The van der Waals surface area contributed by atoms with Gasteiger partial charge in [0, 0.05) is 25.2 Å².